The Hall–Kier alpha value is -2.87. The Morgan fingerprint density at radius 1 is 1.00 bits per heavy atom. The van der Waals surface area contributed by atoms with Gasteiger partial charge in [0.2, 0.25) is 6.20 Å². The first-order valence-corrected chi connectivity index (χ1v) is 9.80. The zero-order valence-electron chi connectivity index (χ0n) is 16.8. The first kappa shape index (κ1) is 21.8. The lowest BCUT2D eigenvalue weighted by Gasteiger charge is -2.24. The Bertz CT molecular complexity index is 855. The van der Waals surface area contributed by atoms with E-state index in [4.69, 9.17) is 14.2 Å². The maximum Gasteiger partial charge on any atom is 0.233 e. The van der Waals surface area contributed by atoms with Gasteiger partial charge in [0.25, 0.3) is 0 Å². The second-order valence-electron chi connectivity index (χ2n) is 7.19. The zero-order valence-corrected chi connectivity index (χ0v) is 16.8. The second kappa shape index (κ2) is 10.8. The van der Waals surface area contributed by atoms with Crippen molar-refractivity contribution in [2.24, 2.45) is 0 Å². The third-order valence-electron chi connectivity index (χ3n) is 4.80. The molecule has 3 rings (SSSR count). The quantitative estimate of drug-likeness (QED) is 0.438. The standard InChI is InChI=1S/C23H25NO6/c1-17(25)14-21-23(29-16-19-10-6-3-7-11-19)22(20(30-21)12-13-24(26)27)28-15-18-8-4-2-5-9-18/h2-13,20-23H,14-16H2,1H3/b13-12+/t20-,21-,22-,23+/m1/s1. The van der Waals surface area contributed by atoms with Gasteiger partial charge in [0.1, 0.15) is 24.1 Å². The first-order chi connectivity index (χ1) is 14.5. The predicted octanol–water partition coefficient (Wildman–Crippen LogP) is 3.69. The molecule has 1 aliphatic heterocycles. The molecule has 7 heteroatoms. The van der Waals surface area contributed by atoms with Gasteiger partial charge >= 0.3 is 0 Å². The number of rotatable bonds is 10. The van der Waals surface area contributed by atoms with Crippen LogP contribution in [0.3, 0.4) is 0 Å². The topological polar surface area (TPSA) is 87.9 Å². The minimum absolute atomic E-state index is 0.0472. The van der Waals surface area contributed by atoms with E-state index in [0.717, 1.165) is 17.3 Å². The highest BCUT2D eigenvalue weighted by Crippen LogP contribution is 2.31. The van der Waals surface area contributed by atoms with E-state index >= 15 is 0 Å². The fourth-order valence-electron chi connectivity index (χ4n) is 3.44. The van der Waals surface area contributed by atoms with Crippen molar-refractivity contribution in [3.8, 4) is 0 Å². The van der Waals surface area contributed by atoms with Crippen LogP contribution >= 0.6 is 0 Å². The summed E-state index contributed by atoms with van der Waals surface area (Å²) in [6.45, 7) is 2.10. The Balaban J connectivity index is 1.79. The fourth-order valence-corrected chi connectivity index (χ4v) is 3.44. The van der Waals surface area contributed by atoms with Crippen LogP contribution < -0.4 is 0 Å². The van der Waals surface area contributed by atoms with Crippen LogP contribution in [0.5, 0.6) is 0 Å². The Labute approximate surface area is 175 Å². The number of Topliss-reactive ketones (excluding diaryl/α,β-unsaturated/α-hetero) is 1. The van der Waals surface area contributed by atoms with Gasteiger partial charge in [-0.05, 0) is 18.1 Å². The summed E-state index contributed by atoms with van der Waals surface area (Å²) in [6.07, 6.45) is -0.0258. The van der Waals surface area contributed by atoms with E-state index in [2.05, 4.69) is 0 Å². The highest BCUT2D eigenvalue weighted by atomic mass is 16.6. The van der Waals surface area contributed by atoms with Crippen molar-refractivity contribution in [2.45, 2.75) is 51.0 Å². The molecule has 0 saturated carbocycles. The molecular weight excluding hydrogens is 386 g/mol. The zero-order chi connectivity index (χ0) is 21.3. The molecule has 0 radical (unpaired) electrons. The smallest absolute Gasteiger partial charge is 0.233 e. The Kier molecular flexibility index (Phi) is 7.84. The number of ketones is 1. The number of benzene rings is 2. The molecule has 0 aliphatic carbocycles. The molecule has 1 aliphatic rings. The summed E-state index contributed by atoms with van der Waals surface area (Å²) in [5, 5.41) is 10.8. The van der Waals surface area contributed by atoms with E-state index in [1.165, 1.54) is 13.0 Å². The lowest BCUT2D eigenvalue weighted by atomic mass is 10.0. The minimum atomic E-state index is -0.691. The number of nitro groups is 1. The van der Waals surface area contributed by atoms with E-state index in [1.54, 1.807) is 0 Å². The second-order valence-corrected chi connectivity index (χ2v) is 7.19. The molecule has 1 fully saturated rings. The predicted molar refractivity (Wildman–Crippen MR) is 110 cm³/mol. The van der Waals surface area contributed by atoms with Crippen LogP contribution in [-0.4, -0.2) is 35.1 Å². The average molecular weight is 411 g/mol. The molecule has 0 spiro atoms. The van der Waals surface area contributed by atoms with Crippen molar-refractivity contribution < 1.29 is 23.9 Å². The SMILES string of the molecule is CC(=O)C[C@H]1O[C@H](/C=C/[N+](=O)[O-])[C@@H](OCc2ccccc2)[C@H]1OCc1ccccc1. The summed E-state index contributed by atoms with van der Waals surface area (Å²) in [6, 6.07) is 19.3. The Morgan fingerprint density at radius 3 is 2.03 bits per heavy atom. The van der Waals surface area contributed by atoms with Gasteiger partial charge in [-0.15, -0.1) is 0 Å². The summed E-state index contributed by atoms with van der Waals surface area (Å²) >= 11 is 0. The molecule has 0 N–H and O–H groups in total. The third-order valence-corrected chi connectivity index (χ3v) is 4.80. The van der Waals surface area contributed by atoms with Crippen molar-refractivity contribution in [3.63, 3.8) is 0 Å². The van der Waals surface area contributed by atoms with Crippen molar-refractivity contribution in [1.29, 1.82) is 0 Å². The lowest BCUT2D eigenvalue weighted by molar-refractivity contribution is -0.403. The van der Waals surface area contributed by atoms with Crippen molar-refractivity contribution in [3.05, 3.63) is 94.2 Å². The molecule has 2 aromatic carbocycles. The summed E-state index contributed by atoms with van der Waals surface area (Å²) in [7, 11) is 0. The van der Waals surface area contributed by atoms with E-state index in [-0.39, 0.29) is 12.2 Å². The number of carbonyl (C=O) groups excluding carboxylic acids is 1. The molecule has 0 bridgehead atoms. The summed E-state index contributed by atoms with van der Waals surface area (Å²) in [5.74, 6) is -0.0472. The van der Waals surface area contributed by atoms with Crippen LogP contribution in [-0.2, 0) is 32.2 Å². The number of hydrogen-bond donors (Lipinski definition) is 0. The van der Waals surface area contributed by atoms with Gasteiger partial charge in [-0.2, -0.15) is 0 Å². The fraction of sp³-hybridized carbons (Fsp3) is 0.348. The van der Waals surface area contributed by atoms with Gasteiger partial charge in [-0.3, -0.25) is 14.9 Å². The van der Waals surface area contributed by atoms with Gasteiger partial charge in [0, 0.05) is 12.5 Å². The largest absolute Gasteiger partial charge is 0.368 e. The summed E-state index contributed by atoms with van der Waals surface area (Å²) < 4.78 is 18.2. The number of hydrogen-bond acceptors (Lipinski definition) is 6. The molecule has 4 atom stereocenters. The van der Waals surface area contributed by atoms with E-state index in [0.29, 0.717) is 13.2 Å². The number of carbonyl (C=O) groups is 1. The number of ether oxygens (including phenoxy) is 3. The molecule has 0 amide bonds. The van der Waals surface area contributed by atoms with Gasteiger partial charge in [-0.1, -0.05) is 60.7 Å². The summed E-state index contributed by atoms with van der Waals surface area (Å²) in [5.41, 5.74) is 1.94. The normalized spacial score (nSPS) is 23.6. The van der Waals surface area contributed by atoms with Crippen molar-refractivity contribution in [2.75, 3.05) is 0 Å². The monoisotopic (exact) mass is 411 g/mol. The van der Waals surface area contributed by atoms with Crippen molar-refractivity contribution >= 4 is 5.78 Å². The molecule has 30 heavy (non-hydrogen) atoms. The van der Waals surface area contributed by atoms with Gasteiger partial charge in [0.05, 0.1) is 24.2 Å². The van der Waals surface area contributed by atoms with Crippen LogP contribution in [0.4, 0.5) is 0 Å². The minimum Gasteiger partial charge on any atom is -0.368 e. The van der Waals surface area contributed by atoms with Crippen LogP contribution in [0.25, 0.3) is 0 Å². The number of nitrogens with zero attached hydrogens (tertiary/aromatic N) is 1. The van der Waals surface area contributed by atoms with Crippen molar-refractivity contribution in [1.82, 2.24) is 0 Å². The molecule has 0 unspecified atom stereocenters. The molecule has 7 nitrogen and oxygen atoms in total. The molecule has 1 saturated heterocycles. The van der Waals surface area contributed by atoms with Crippen LogP contribution in [0, 0.1) is 10.1 Å². The Morgan fingerprint density at radius 2 is 1.53 bits per heavy atom. The molecule has 2 aromatic rings. The first-order valence-electron chi connectivity index (χ1n) is 9.80. The lowest BCUT2D eigenvalue weighted by Crippen LogP contribution is -2.37. The molecular formula is C23H25NO6. The average Bonchev–Trinajstić information content (AvgIpc) is 3.06. The van der Waals surface area contributed by atoms with Gasteiger partial charge in [-0.25, -0.2) is 0 Å². The molecule has 0 aromatic heterocycles. The maximum atomic E-state index is 11.8. The highest BCUT2D eigenvalue weighted by Gasteiger charge is 2.46. The van der Waals surface area contributed by atoms with Gasteiger partial charge < -0.3 is 14.2 Å². The molecule has 158 valence electrons. The maximum absolute atomic E-state index is 11.8. The van der Waals surface area contributed by atoms with E-state index in [9.17, 15) is 14.9 Å². The van der Waals surface area contributed by atoms with Crippen LogP contribution in [0.2, 0.25) is 0 Å². The van der Waals surface area contributed by atoms with Crippen LogP contribution in [0.15, 0.2) is 72.9 Å². The van der Waals surface area contributed by atoms with Gasteiger partial charge in [0.15, 0.2) is 0 Å². The molecule has 1 heterocycles. The van der Waals surface area contributed by atoms with E-state index in [1.807, 2.05) is 60.7 Å². The summed E-state index contributed by atoms with van der Waals surface area (Å²) in [4.78, 5) is 22.1. The highest BCUT2D eigenvalue weighted by molar-refractivity contribution is 5.76. The third kappa shape index (κ3) is 6.32. The van der Waals surface area contributed by atoms with Crippen LogP contribution in [0.1, 0.15) is 24.5 Å². The van der Waals surface area contributed by atoms with E-state index < -0.39 is 29.3 Å².